The quantitative estimate of drug-likeness (QED) is 0.677. The van der Waals surface area contributed by atoms with Crippen LogP contribution in [0.5, 0.6) is 0 Å². The standard InChI is InChI=1S/C21H23FN2O4/c1-14-6-11-18(15(2)12-14)24-20(26)13-28-21(27)5-3-4-19(25)23-17-9-7-16(22)8-10-17/h6-12H,3-5,13H2,1-2H3,(H,23,25)(H,24,26). The number of carbonyl (C=O) groups is 3. The molecule has 2 aromatic rings. The van der Waals surface area contributed by atoms with Gasteiger partial charge in [0.1, 0.15) is 5.82 Å². The van der Waals surface area contributed by atoms with Crippen molar-refractivity contribution >= 4 is 29.2 Å². The first-order chi connectivity index (χ1) is 13.3. The van der Waals surface area contributed by atoms with E-state index in [1.807, 2.05) is 26.0 Å². The van der Waals surface area contributed by atoms with Gasteiger partial charge in [-0.2, -0.15) is 0 Å². The van der Waals surface area contributed by atoms with Gasteiger partial charge >= 0.3 is 5.97 Å². The molecule has 0 bridgehead atoms. The largest absolute Gasteiger partial charge is 0.456 e. The number of benzene rings is 2. The smallest absolute Gasteiger partial charge is 0.306 e. The van der Waals surface area contributed by atoms with Crippen LogP contribution in [-0.2, 0) is 19.1 Å². The molecule has 0 fully saturated rings. The summed E-state index contributed by atoms with van der Waals surface area (Å²) in [6.45, 7) is 3.46. The number of hydrogen-bond acceptors (Lipinski definition) is 4. The summed E-state index contributed by atoms with van der Waals surface area (Å²) in [7, 11) is 0. The van der Waals surface area contributed by atoms with E-state index in [-0.39, 0.29) is 37.6 Å². The number of nitrogens with one attached hydrogen (secondary N) is 2. The summed E-state index contributed by atoms with van der Waals surface area (Å²) >= 11 is 0. The maximum absolute atomic E-state index is 12.8. The van der Waals surface area contributed by atoms with Gasteiger partial charge in [-0.25, -0.2) is 4.39 Å². The molecule has 2 aromatic carbocycles. The van der Waals surface area contributed by atoms with Crippen molar-refractivity contribution in [2.75, 3.05) is 17.2 Å². The molecule has 0 spiro atoms. The first-order valence-corrected chi connectivity index (χ1v) is 8.91. The number of amides is 2. The molecule has 0 heterocycles. The monoisotopic (exact) mass is 386 g/mol. The third kappa shape index (κ3) is 7.19. The molecule has 0 unspecified atom stereocenters. The van der Waals surface area contributed by atoms with Crippen LogP contribution in [0.1, 0.15) is 30.4 Å². The molecule has 0 atom stereocenters. The van der Waals surface area contributed by atoms with Crippen LogP contribution in [0, 0.1) is 19.7 Å². The summed E-state index contributed by atoms with van der Waals surface area (Å²) in [4.78, 5) is 35.4. The molecule has 0 radical (unpaired) electrons. The first-order valence-electron chi connectivity index (χ1n) is 8.91. The molecular formula is C21H23FN2O4. The van der Waals surface area contributed by atoms with Gasteiger partial charge in [-0.05, 0) is 56.2 Å². The predicted octanol–water partition coefficient (Wildman–Crippen LogP) is 3.73. The lowest BCUT2D eigenvalue weighted by atomic mass is 10.1. The minimum Gasteiger partial charge on any atom is -0.456 e. The van der Waals surface area contributed by atoms with E-state index in [2.05, 4.69) is 10.6 Å². The van der Waals surface area contributed by atoms with Gasteiger partial charge in [0.2, 0.25) is 5.91 Å². The van der Waals surface area contributed by atoms with Crippen molar-refractivity contribution in [1.82, 2.24) is 0 Å². The lowest BCUT2D eigenvalue weighted by Gasteiger charge is -2.09. The number of halogens is 1. The van der Waals surface area contributed by atoms with Gasteiger partial charge in [-0.1, -0.05) is 17.7 Å². The number of anilines is 2. The molecule has 2 N–H and O–H groups in total. The molecule has 2 rings (SSSR count). The van der Waals surface area contributed by atoms with Crippen LogP contribution in [0.15, 0.2) is 42.5 Å². The van der Waals surface area contributed by atoms with Crippen molar-refractivity contribution in [3.63, 3.8) is 0 Å². The summed E-state index contributed by atoms with van der Waals surface area (Å²) in [5.74, 6) is -1.64. The van der Waals surface area contributed by atoms with E-state index >= 15 is 0 Å². The average molecular weight is 386 g/mol. The molecule has 0 aliphatic carbocycles. The summed E-state index contributed by atoms with van der Waals surface area (Å²) in [6, 6.07) is 11.0. The fraction of sp³-hybridized carbons (Fsp3) is 0.286. The van der Waals surface area contributed by atoms with Gasteiger partial charge in [0.15, 0.2) is 6.61 Å². The molecule has 7 heteroatoms. The molecule has 2 amide bonds. The Morgan fingerprint density at radius 2 is 1.64 bits per heavy atom. The van der Waals surface area contributed by atoms with Gasteiger partial charge in [-0.3, -0.25) is 14.4 Å². The highest BCUT2D eigenvalue weighted by Crippen LogP contribution is 2.16. The van der Waals surface area contributed by atoms with Crippen LogP contribution >= 0.6 is 0 Å². The molecular weight excluding hydrogens is 363 g/mol. The molecule has 28 heavy (non-hydrogen) atoms. The highest BCUT2D eigenvalue weighted by atomic mass is 19.1. The first kappa shape index (κ1) is 21.1. The van der Waals surface area contributed by atoms with E-state index in [0.29, 0.717) is 11.4 Å². The predicted molar refractivity (Wildman–Crippen MR) is 104 cm³/mol. The minimum absolute atomic E-state index is 0.0215. The Hall–Kier alpha value is -3.22. The van der Waals surface area contributed by atoms with Crippen molar-refractivity contribution in [2.24, 2.45) is 0 Å². The molecule has 148 valence electrons. The van der Waals surface area contributed by atoms with E-state index in [1.165, 1.54) is 24.3 Å². The van der Waals surface area contributed by atoms with Crippen LogP contribution in [0.4, 0.5) is 15.8 Å². The maximum Gasteiger partial charge on any atom is 0.306 e. The van der Waals surface area contributed by atoms with Crippen molar-refractivity contribution < 1.29 is 23.5 Å². The SMILES string of the molecule is Cc1ccc(NC(=O)COC(=O)CCCC(=O)Nc2ccc(F)cc2)c(C)c1. The van der Waals surface area contributed by atoms with E-state index < -0.39 is 11.9 Å². The van der Waals surface area contributed by atoms with Crippen LogP contribution in [0.3, 0.4) is 0 Å². The number of hydrogen-bond donors (Lipinski definition) is 2. The zero-order chi connectivity index (χ0) is 20.5. The van der Waals surface area contributed by atoms with Crippen molar-refractivity contribution in [3.8, 4) is 0 Å². The Morgan fingerprint density at radius 1 is 0.929 bits per heavy atom. The average Bonchev–Trinajstić information content (AvgIpc) is 2.64. The van der Waals surface area contributed by atoms with Gasteiger partial charge in [0.05, 0.1) is 0 Å². The zero-order valence-electron chi connectivity index (χ0n) is 15.9. The van der Waals surface area contributed by atoms with E-state index in [0.717, 1.165) is 11.1 Å². The molecule has 6 nitrogen and oxygen atoms in total. The third-order valence-electron chi connectivity index (χ3n) is 3.93. The Morgan fingerprint density at radius 3 is 2.32 bits per heavy atom. The third-order valence-corrected chi connectivity index (χ3v) is 3.93. The summed E-state index contributed by atoms with van der Waals surface area (Å²) in [5.41, 5.74) is 3.17. The van der Waals surface area contributed by atoms with Gasteiger partial charge in [-0.15, -0.1) is 0 Å². The van der Waals surface area contributed by atoms with Crippen molar-refractivity contribution in [1.29, 1.82) is 0 Å². The van der Waals surface area contributed by atoms with Gasteiger partial charge in [0.25, 0.3) is 5.91 Å². The lowest BCUT2D eigenvalue weighted by Crippen LogP contribution is -2.21. The molecule has 0 aliphatic heterocycles. The zero-order valence-corrected chi connectivity index (χ0v) is 15.9. The van der Waals surface area contributed by atoms with Crippen LogP contribution < -0.4 is 10.6 Å². The van der Waals surface area contributed by atoms with Crippen LogP contribution in [0.25, 0.3) is 0 Å². The summed E-state index contributed by atoms with van der Waals surface area (Å²) in [5, 5.41) is 5.30. The lowest BCUT2D eigenvalue weighted by molar-refractivity contribution is -0.147. The summed E-state index contributed by atoms with van der Waals surface area (Å²) < 4.78 is 17.7. The molecule has 0 saturated carbocycles. The second-order valence-electron chi connectivity index (χ2n) is 6.44. The summed E-state index contributed by atoms with van der Waals surface area (Å²) in [6.07, 6.45) is 0.416. The Labute approximate surface area is 163 Å². The number of carbonyl (C=O) groups excluding carboxylic acids is 3. The van der Waals surface area contributed by atoms with E-state index in [9.17, 15) is 18.8 Å². The highest BCUT2D eigenvalue weighted by Gasteiger charge is 2.10. The second kappa shape index (κ2) is 10.2. The Bertz CT molecular complexity index is 850. The number of ether oxygens (including phenoxy) is 1. The van der Waals surface area contributed by atoms with Gasteiger partial charge in [0, 0.05) is 24.2 Å². The number of rotatable bonds is 8. The maximum atomic E-state index is 12.8. The Kier molecular flexibility index (Phi) is 7.68. The van der Waals surface area contributed by atoms with Gasteiger partial charge < -0.3 is 15.4 Å². The van der Waals surface area contributed by atoms with Crippen LogP contribution in [0.2, 0.25) is 0 Å². The Balaban J connectivity index is 1.64. The molecule has 0 saturated heterocycles. The fourth-order valence-corrected chi connectivity index (χ4v) is 2.51. The van der Waals surface area contributed by atoms with E-state index in [1.54, 1.807) is 6.07 Å². The van der Waals surface area contributed by atoms with Crippen LogP contribution in [-0.4, -0.2) is 24.4 Å². The molecule has 0 aromatic heterocycles. The normalized spacial score (nSPS) is 10.2. The number of esters is 1. The second-order valence-corrected chi connectivity index (χ2v) is 6.44. The minimum atomic E-state index is -0.551. The molecule has 0 aliphatic rings. The fourth-order valence-electron chi connectivity index (χ4n) is 2.51. The number of aryl methyl sites for hydroxylation is 2. The highest BCUT2D eigenvalue weighted by molar-refractivity contribution is 5.93. The topological polar surface area (TPSA) is 84.5 Å². The van der Waals surface area contributed by atoms with E-state index in [4.69, 9.17) is 4.74 Å². The van der Waals surface area contributed by atoms with Crippen molar-refractivity contribution in [3.05, 3.63) is 59.4 Å². The van der Waals surface area contributed by atoms with Crippen molar-refractivity contribution in [2.45, 2.75) is 33.1 Å².